The van der Waals surface area contributed by atoms with Crippen molar-refractivity contribution in [1.29, 1.82) is 0 Å². The highest BCUT2D eigenvalue weighted by atomic mass is 16.5. The summed E-state index contributed by atoms with van der Waals surface area (Å²) in [6.07, 6.45) is 0. The molecule has 0 fully saturated rings. The van der Waals surface area contributed by atoms with Gasteiger partial charge in [-0.15, -0.1) is 0 Å². The van der Waals surface area contributed by atoms with Crippen LogP contribution in [0.2, 0.25) is 0 Å². The molecule has 0 aliphatic heterocycles. The second-order valence-electron chi connectivity index (χ2n) is 3.23. The van der Waals surface area contributed by atoms with Crippen molar-refractivity contribution in [1.82, 2.24) is 0 Å². The van der Waals surface area contributed by atoms with E-state index < -0.39 is 0 Å². The first-order chi connectivity index (χ1) is 7.84. The van der Waals surface area contributed by atoms with Crippen molar-refractivity contribution in [3.05, 3.63) is 60.2 Å². The molecule has 2 nitrogen and oxygen atoms in total. The van der Waals surface area contributed by atoms with Crippen molar-refractivity contribution in [2.24, 2.45) is 0 Å². The number of carbonyl (C=O) groups is 1. The minimum atomic E-state index is 0.872. The summed E-state index contributed by atoms with van der Waals surface area (Å²) in [5.41, 5.74) is 1.24. The summed E-state index contributed by atoms with van der Waals surface area (Å²) in [4.78, 5) is 8.00. The Hall–Kier alpha value is -2.09. The van der Waals surface area contributed by atoms with E-state index in [0.29, 0.717) is 0 Å². The summed E-state index contributed by atoms with van der Waals surface area (Å²) in [7, 11) is 0. The average Bonchev–Trinajstić information content (AvgIpc) is 2.36. The van der Waals surface area contributed by atoms with Crippen LogP contribution in [0.15, 0.2) is 54.6 Å². The Labute approximate surface area is 95.5 Å². The van der Waals surface area contributed by atoms with Gasteiger partial charge in [-0.05, 0) is 31.2 Å². The predicted octanol–water partition coefficient (Wildman–Crippen LogP) is 3.60. The van der Waals surface area contributed by atoms with E-state index in [2.05, 4.69) is 6.92 Å². The normalized spacial score (nSPS) is 8.81. The first-order valence-electron chi connectivity index (χ1n) is 4.93. The molecule has 0 aromatic heterocycles. The van der Waals surface area contributed by atoms with Crippen LogP contribution in [0.25, 0.3) is 0 Å². The third-order valence-electron chi connectivity index (χ3n) is 2.00. The Morgan fingerprint density at radius 3 is 1.88 bits per heavy atom. The predicted molar refractivity (Wildman–Crippen MR) is 64.8 cm³/mol. The van der Waals surface area contributed by atoms with Crippen molar-refractivity contribution < 1.29 is 9.53 Å². The smallest absolute Gasteiger partial charge is 0.127 e. The van der Waals surface area contributed by atoms with Crippen molar-refractivity contribution in [2.45, 2.75) is 6.92 Å². The lowest BCUT2D eigenvalue weighted by Gasteiger charge is -2.04. The average molecular weight is 214 g/mol. The Balaban J connectivity index is 0.000000606. The van der Waals surface area contributed by atoms with Gasteiger partial charge in [-0.1, -0.05) is 35.9 Å². The van der Waals surface area contributed by atoms with Crippen LogP contribution in [0.5, 0.6) is 11.5 Å². The van der Waals surface area contributed by atoms with Crippen LogP contribution in [0, 0.1) is 6.92 Å². The lowest BCUT2D eigenvalue weighted by Crippen LogP contribution is -1.82. The monoisotopic (exact) mass is 214 g/mol. The zero-order valence-corrected chi connectivity index (χ0v) is 9.22. The van der Waals surface area contributed by atoms with E-state index in [4.69, 9.17) is 9.53 Å². The largest absolute Gasteiger partial charge is 0.457 e. The lowest BCUT2D eigenvalue weighted by molar-refractivity contribution is -0.0979. The number of rotatable bonds is 2. The fourth-order valence-corrected chi connectivity index (χ4v) is 1.23. The highest BCUT2D eigenvalue weighted by Gasteiger charge is 1.94. The Morgan fingerprint density at radius 1 is 0.812 bits per heavy atom. The summed E-state index contributed by atoms with van der Waals surface area (Å²) >= 11 is 0. The fourth-order valence-electron chi connectivity index (χ4n) is 1.23. The Morgan fingerprint density at radius 2 is 1.31 bits per heavy atom. The molecule has 16 heavy (non-hydrogen) atoms. The van der Waals surface area contributed by atoms with E-state index in [0.717, 1.165) is 11.5 Å². The maximum atomic E-state index is 8.00. The molecule has 0 unspecified atom stereocenters. The number of para-hydroxylation sites is 1. The van der Waals surface area contributed by atoms with E-state index >= 15 is 0 Å². The maximum Gasteiger partial charge on any atom is 0.127 e. The number of hydrogen-bond acceptors (Lipinski definition) is 2. The molecule has 0 heterocycles. The molecule has 0 bridgehead atoms. The highest BCUT2D eigenvalue weighted by Crippen LogP contribution is 2.20. The molecule has 2 aromatic carbocycles. The molecule has 0 amide bonds. The quantitative estimate of drug-likeness (QED) is 0.763. The standard InChI is InChI=1S/C13H12O.CH2O/c1-11-7-9-13(10-8-11)14-12-5-3-2-4-6-12;1-2/h2-10H,1H3;1H2. The van der Waals surface area contributed by atoms with Gasteiger partial charge in [-0.3, -0.25) is 0 Å². The molecule has 0 aliphatic rings. The molecular formula is C14H14O2. The summed E-state index contributed by atoms with van der Waals surface area (Å²) in [6, 6.07) is 17.8. The van der Waals surface area contributed by atoms with Crippen LogP contribution in [0.3, 0.4) is 0 Å². The fraction of sp³-hybridized carbons (Fsp3) is 0.0714. The zero-order chi connectivity index (χ0) is 11.8. The van der Waals surface area contributed by atoms with Crippen LogP contribution < -0.4 is 4.74 Å². The maximum absolute atomic E-state index is 8.00. The number of hydrogen-bond donors (Lipinski definition) is 0. The summed E-state index contributed by atoms with van der Waals surface area (Å²) in [5.74, 6) is 1.75. The van der Waals surface area contributed by atoms with Crippen molar-refractivity contribution in [2.75, 3.05) is 0 Å². The molecule has 2 heteroatoms. The topological polar surface area (TPSA) is 26.3 Å². The molecule has 0 N–H and O–H groups in total. The van der Waals surface area contributed by atoms with Crippen molar-refractivity contribution in [3.63, 3.8) is 0 Å². The van der Waals surface area contributed by atoms with Gasteiger partial charge in [0.2, 0.25) is 0 Å². The van der Waals surface area contributed by atoms with E-state index in [-0.39, 0.29) is 0 Å². The third kappa shape index (κ3) is 3.58. The van der Waals surface area contributed by atoms with Gasteiger partial charge in [-0.25, -0.2) is 0 Å². The van der Waals surface area contributed by atoms with Gasteiger partial charge >= 0.3 is 0 Å². The molecule has 82 valence electrons. The molecular weight excluding hydrogens is 200 g/mol. The number of aryl methyl sites for hydroxylation is 1. The SMILES string of the molecule is C=O.Cc1ccc(Oc2ccccc2)cc1. The summed E-state index contributed by atoms with van der Waals surface area (Å²) in [6.45, 7) is 4.06. The molecule has 0 radical (unpaired) electrons. The summed E-state index contributed by atoms with van der Waals surface area (Å²) < 4.78 is 5.63. The van der Waals surface area contributed by atoms with Gasteiger partial charge in [0, 0.05) is 0 Å². The third-order valence-corrected chi connectivity index (χ3v) is 2.00. The Kier molecular flexibility index (Phi) is 4.80. The molecule has 0 aliphatic carbocycles. The zero-order valence-electron chi connectivity index (χ0n) is 9.22. The molecule has 2 aromatic rings. The lowest BCUT2D eigenvalue weighted by atomic mass is 10.2. The Bertz CT molecular complexity index is 407. The molecule has 0 saturated heterocycles. The molecule has 0 saturated carbocycles. The van der Waals surface area contributed by atoms with Gasteiger partial charge in [-0.2, -0.15) is 0 Å². The van der Waals surface area contributed by atoms with E-state index in [1.165, 1.54) is 5.56 Å². The number of carbonyl (C=O) groups excluding carboxylic acids is 1. The van der Waals surface area contributed by atoms with E-state index in [1.807, 2.05) is 61.4 Å². The first kappa shape index (κ1) is 12.0. The number of ether oxygens (including phenoxy) is 1. The first-order valence-corrected chi connectivity index (χ1v) is 4.93. The van der Waals surface area contributed by atoms with E-state index in [9.17, 15) is 0 Å². The van der Waals surface area contributed by atoms with Gasteiger partial charge in [0.15, 0.2) is 0 Å². The van der Waals surface area contributed by atoms with Crippen molar-refractivity contribution in [3.8, 4) is 11.5 Å². The van der Waals surface area contributed by atoms with Gasteiger partial charge in [0.1, 0.15) is 18.3 Å². The number of benzene rings is 2. The van der Waals surface area contributed by atoms with Gasteiger partial charge < -0.3 is 9.53 Å². The second kappa shape index (κ2) is 6.40. The molecule has 2 rings (SSSR count). The van der Waals surface area contributed by atoms with Crippen LogP contribution in [-0.2, 0) is 4.79 Å². The minimum absolute atomic E-state index is 0.872. The highest BCUT2D eigenvalue weighted by molar-refractivity contribution is 5.32. The van der Waals surface area contributed by atoms with Gasteiger partial charge in [0.25, 0.3) is 0 Å². The second-order valence-corrected chi connectivity index (χ2v) is 3.23. The van der Waals surface area contributed by atoms with Gasteiger partial charge in [0.05, 0.1) is 0 Å². The van der Waals surface area contributed by atoms with Crippen molar-refractivity contribution >= 4 is 6.79 Å². The molecule has 0 atom stereocenters. The minimum Gasteiger partial charge on any atom is -0.457 e. The summed E-state index contributed by atoms with van der Waals surface area (Å²) in [5, 5.41) is 0. The van der Waals surface area contributed by atoms with Crippen LogP contribution in [0.1, 0.15) is 5.56 Å². The van der Waals surface area contributed by atoms with E-state index in [1.54, 1.807) is 0 Å². The van der Waals surface area contributed by atoms with Crippen LogP contribution in [0.4, 0.5) is 0 Å². The van der Waals surface area contributed by atoms with Crippen LogP contribution in [-0.4, -0.2) is 6.79 Å². The molecule has 0 spiro atoms. The van der Waals surface area contributed by atoms with Crippen LogP contribution >= 0.6 is 0 Å².